The molecule has 0 fully saturated rings. The van der Waals surface area contributed by atoms with E-state index in [1.165, 1.54) is 5.56 Å². The molecule has 1 aliphatic heterocycles. The van der Waals surface area contributed by atoms with E-state index in [9.17, 15) is 5.11 Å². The predicted molar refractivity (Wildman–Crippen MR) is 135 cm³/mol. The van der Waals surface area contributed by atoms with Crippen LogP contribution in [0.1, 0.15) is 105 Å². The maximum absolute atomic E-state index is 13.3. The first-order valence-electron chi connectivity index (χ1n) is 11.8. The van der Waals surface area contributed by atoms with Crippen molar-refractivity contribution in [2.75, 3.05) is 0 Å². The minimum absolute atomic E-state index is 0. The molecule has 4 nitrogen and oxygen atoms in total. The van der Waals surface area contributed by atoms with Crippen LogP contribution in [0.2, 0.25) is 0 Å². The third-order valence-corrected chi connectivity index (χ3v) is 6.12. The van der Waals surface area contributed by atoms with Crippen LogP contribution in [0.15, 0.2) is 24.3 Å². The molecule has 0 spiro atoms. The van der Waals surface area contributed by atoms with Crippen LogP contribution in [-0.2, 0) is 21.7 Å². The molecule has 180 valence electrons. The van der Waals surface area contributed by atoms with E-state index in [-0.39, 0.29) is 52.0 Å². The topological polar surface area (TPSA) is 50.8 Å². The third kappa shape index (κ3) is 5.92. The molecular weight excluding hydrogens is 418 g/mol. The summed E-state index contributed by atoms with van der Waals surface area (Å²) in [6.45, 7) is 25.5. The van der Waals surface area contributed by atoms with E-state index >= 15 is 0 Å². The predicted octanol–water partition coefficient (Wildman–Crippen LogP) is 3.79. The fourth-order valence-corrected chi connectivity index (χ4v) is 3.86. The molecule has 0 radical (unpaired) electrons. The molecule has 0 amide bonds. The fourth-order valence-electron chi connectivity index (χ4n) is 3.86. The number of fused-ring (bicyclic) bond motifs is 1. The summed E-state index contributed by atoms with van der Waals surface area (Å²) in [5.41, 5.74) is 3.39. The Morgan fingerprint density at radius 2 is 1.12 bits per heavy atom. The molecule has 1 heterocycles. The molecule has 1 aliphatic rings. The van der Waals surface area contributed by atoms with Gasteiger partial charge in [-0.2, -0.15) is 0 Å². The maximum atomic E-state index is 13.3. The monoisotopic (exact) mass is 458 g/mol. The molecule has 0 bridgehead atoms. The molecule has 3 rings (SSSR count). The Morgan fingerprint density at radius 1 is 0.647 bits per heavy atom. The number of rotatable bonds is 2. The zero-order chi connectivity index (χ0) is 25.1. The van der Waals surface area contributed by atoms with Gasteiger partial charge in [0, 0.05) is 5.56 Å². The minimum Gasteiger partial charge on any atom is -0.870 e. The molecule has 34 heavy (non-hydrogen) atoms. The summed E-state index contributed by atoms with van der Waals surface area (Å²) in [4.78, 5) is 0. The quantitative estimate of drug-likeness (QED) is 0.643. The molecule has 0 aliphatic carbocycles. The summed E-state index contributed by atoms with van der Waals surface area (Å²) in [6.07, 6.45) is 0. The smallest absolute Gasteiger partial charge is 0.870 e. The van der Waals surface area contributed by atoms with Crippen LogP contribution in [-0.4, -0.2) is 7.32 Å². The van der Waals surface area contributed by atoms with Crippen LogP contribution >= 0.6 is 0 Å². The van der Waals surface area contributed by atoms with E-state index in [2.05, 4.69) is 68.4 Å². The van der Waals surface area contributed by atoms with E-state index in [1.807, 2.05) is 39.0 Å². The van der Waals surface area contributed by atoms with Crippen molar-refractivity contribution in [3.05, 3.63) is 46.5 Å². The largest absolute Gasteiger partial charge is 1.00 e. The zero-order valence-corrected chi connectivity index (χ0v) is 23.5. The number of hydrogen-bond acceptors (Lipinski definition) is 4. The second kappa shape index (κ2) is 9.07. The summed E-state index contributed by atoms with van der Waals surface area (Å²) in [5, 5.41) is 13.3. The Labute approximate surface area is 219 Å². The molecule has 0 N–H and O–H groups in total. The Kier molecular flexibility index (Phi) is 7.61. The molecule has 0 aromatic heterocycles. The molecule has 0 atom stereocenters. The van der Waals surface area contributed by atoms with Gasteiger partial charge >= 0.3 is 26.2 Å². The van der Waals surface area contributed by atoms with Gasteiger partial charge in [-0.1, -0.05) is 101 Å². The number of hydrogen-bond donors (Lipinski definition) is 0. The first-order valence-corrected chi connectivity index (χ1v) is 11.8. The van der Waals surface area contributed by atoms with Gasteiger partial charge in [0.15, 0.2) is 0 Å². The van der Waals surface area contributed by atoms with Crippen molar-refractivity contribution in [1.82, 2.24) is 0 Å². The van der Waals surface area contributed by atoms with Crippen LogP contribution in [0.25, 0.3) is 0 Å². The molecular formula is C28H40BLiO4. The summed E-state index contributed by atoms with van der Waals surface area (Å²) in [5.74, 6) is 1.49. The first kappa shape index (κ1) is 28.5. The molecule has 0 unspecified atom stereocenters. The standard InChI is InChI=1S/C28H41BO4.Li/c1-25(2,3)17-13-19(27(7,8)9)23(30)21(15-17)31-29-32-22-16-18(26(4,5)6)14-20(24(22)33-29)28(10,11)12;/h13-16,30H,1-12H3;/q;+1/p-1. The molecule has 0 saturated heterocycles. The van der Waals surface area contributed by atoms with Crippen LogP contribution in [0.5, 0.6) is 23.0 Å². The van der Waals surface area contributed by atoms with Crippen molar-refractivity contribution in [2.45, 2.75) is 105 Å². The van der Waals surface area contributed by atoms with Gasteiger partial charge in [0.25, 0.3) is 0 Å². The normalized spacial score (nSPS) is 14.2. The first-order chi connectivity index (χ1) is 14.8. The summed E-state index contributed by atoms with van der Waals surface area (Å²) < 4.78 is 18.4. The van der Waals surface area contributed by atoms with Gasteiger partial charge in [0.2, 0.25) is 0 Å². The van der Waals surface area contributed by atoms with Gasteiger partial charge in [-0.25, -0.2) is 0 Å². The number of benzene rings is 2. The molecule has 6 heteroatoms. The van der Waals surface area contributed by atoms with E-state index < -0.39 is 7.32 Å². The SMILES string of the molecule is CC(C)(C)c1cc(OB2Oc3cc(C(C)(C)C)cc(C(C)(C)C)c3O2)c([O-])c(C(C)(C)C)c1.[Li+]. The van der Waals surface area contributed by atoms with Crippen molar-refractivity contribution in [3.63, 3.8) is 0 Å². The van der Waals surface area contributed by atoms with Gasteiger partial charge < -0.3 is 19.1 Å². The van der Waals surface area contributed by atoms with Crippen LogP contribution in [0, 0.1) is 0 Å². The summed E-state index contributed by atoms with van der Waals surface area (Å²) in [6, 6.07) is 8.06. The van der Waals surface area contributed by atoms with E-state index in [4.69, 9.17) is 14.0 Å². The van der Waals surface area contributed by atoms with Gasteiger partial charge in [-0.05, 0) is 50.5 Å². The van der Waals surface area contributed by atoms with E-state index in [0.29, 0.717) is 11.5 Å². The van der Waals surface area contributed by atoms with Crippen molar-refractivity contribution in [2.24, 2.45) is 0 Å². The maximum Gasteiger partial charge on any atom is 1.00 e. The minimum atomic E-state index is -1.01. The Balaban J connectivity index is 0.00000408. The van der Waals surface area contributed by atoms with Gasteiger partial charge in [0.1, 0.15) is 11.5 Å². The van der Waals surface area contributed by atoms with Crippen molar-refractivity contribution in [1.29, 1.82) is 0 Å². The zero-order valence-electron chi connectivity index (χ0n) is 23.5. The Morgan fingerprint density at radius 3 is 1.59 bits per heavy atom. The molecule has 0 saturated carbocycles. The van der Waals surface area contributed by atoms with Crippen molar-refractivity contribution < 1.29 is 37.9 Å². The summed E-state index contributed by atoms with van der Waals surface area (Å²) in [7, 11) is -1.01. The van der Waals surface area contributed by atoms with E-state index in [1.54, 1.807) is 0 Å². The Hall–Kier alpha value is -1.70. The fraction of sp³-hybridized carbons (Fsp3) is 0.571. The second-order valence-electron chi connectivity index (χ2n) is 13.3. The third-order valence-electron chi connectivity index (χ3n) is 6.12. The van der Waals surface area contributed by atoms with Crippen LogP contribution in [0.4, 0.5) is 0 Å². The average Bonchev–Trinajstić information content (AvgIpc) is 3.01. The van der Waals surface area contributed by atoms with Gasteiger partial charge in [-0.15, -0.1) is 0 Å². The van der Waals surface area contributed by atoms with Gasteiger partial charge in [-0.3, -0.25) is 0 Å². The van der Waals surface area contributed by atoms with Crippen LogP contribution < -0.4 is 37.9 Å². The van der Waals surface area contributed by atoms with Crippen molar-refractivity contribution in [3.8, 4) is 23.0 Å². The van der Waals surface area contributed by atoms with Gasteiger partial charge in [0.05, 0.1) is 5.75 Å². The summed E-state index contributed by atoms with van der Waals surface area (Å²) >= 11 is 0. The Bertz CT molecular complexity index is 1050. The molecule has 2 aromatic carbocycles. The van der Waals surface area contributed by atoms with Crippen LogP contribution in [0.3, 0.4) is 0 Å². The van der Waals surface area contributed by atoms with Crippen molar-refractivity contribution >= 4 is 7.32 Å². The van der Waals surface area contributed by atoms with E-state index in [0.717, 1.165) is 16.7 Å². The average molecular weight is 458 g/mol. The second-order valence-corrected chi connectivity index (χ2v) is 13.3. The molecule has 2 aromatic rings.